The van der Waals surface area contributed by atoms with Gasteiger partial charge in [0.2, 0.25) is 5.91 Å². The molecule has 2 aromatic rings. The van der Waals surface area contributed by atoms with Gasteiger partial charge in [0.15, 0.2) is 0 Å². The Bertz CT molecular complexity index is 551. The third kappa shape index (κ3) is 3.92. The first-order valence-electron chi connectivity index (χ1n) is 6.77. The lowest BCUT2D eigenvalue weighted by atomic mass is 10.0. The summed E-state index contributed by atoms with van der Waals surface area (Å²) in [6.45, 7) is 2.04. The van der Waals surface area contributed by atoms with Crippen molar-refractivity contribution < 1.29 is 9.18 Å². The molecule has 0 aromatic heterocycles. The molecule has 2 nitrogen and oxygen atoms in total. The van der Waals surface area contributed by atoms with Gasteiger partial charge in [0.05, 0.1) is 12.5 Å². The first-order valence-corrected chi connectivity index (χ1v) is 6.77. The van der Waals surface area contributed by atoms with Gasteiger partial charge in [-0.05, 0) is 29.7 Å². The molecule has 20 heavy (non-hydrogen) atoms. The molecule has 2 rings (SSSR count). The molecule has 0 saturated heterocycles. The Morgan fingerprint density at radius 2 is 1.75 bits per heavy atom. The maximum atomic E-state index is 12.8. The molecule has 0 aliphatic rings. The average Bonchev–Trinajstić information content (AvgIpc) is 2.48. The van der Waals surface area contributed by atoms with Crippen LogP contribution in [0.1, 0.15) is 30.5 Å². The summed E-state index contributed by atoms with van der Waals surface area (Å²) in [5.74, 6) is -0.336. The number of benzene rings is 2. The predicted octanol–water partition coefficient (Wildman–Crippen LogP) is 3.64. The van der Waals surface area contributed by atoms with E-state index in [0.717, 1.165) is 17.5 Å². The summed E-state index contributed by atoms with van der Waals surface area (Å²) in [5, 5.41) is 3.01. The predicted molar refractivity (Wildman–Crippen MR) is 77.7 cm³/mol. The second-order valence-electron chi connectivity index (χ2n) is 4.74. The van der Waals surface area contributed by atoms with Crippen molar-refractivity contribution in [1.82, 2.24) is 5.32 Å². The molecule has 1 amide bonds. The highest BCUT2D eigenvalue weighted by Gasteiger charge is 2.12. The zero-order valence-corrected chi connectivity index (χ0v) is 11.5. The van der Waals surface area contributed by atoms with Crippen molar-refractivity contribution in [2.24, 2.45) is 0 Å². The zero-order valence-electron chi connectivity index (χ0n) is 11.5. The fourth-order valence-electron chi connectivity index (χ4n) is 2.14. The minimum Gasteiger partial charge on any atom is -0.349 e. The van der Waals surface area contributed by atoms with Crippen molar-refractivity contribution in [2.75, 3.05) is 0 Å². The molecule has 0 radical (unpaired) electrons. The smallest absolute Gasteiger partial charge is 0.224 e. The Hall–Kier alpha value is -2.16. The van der Waals surface area contributed by atoms with Crippen molar-refractivity contribution in [3.63, 3.8) is 0 Å². The van der Waals surface area contributed by atoms with E-state index in [2.05, 4.69) is 5.32 Å². The summed E-state index contributed by atoms with van der Waals surface area (Å²) in [7, 11) is 0. The Morgan fingerprint density at radius 3 is 2.35 bits per heavy atom. The number of hydrogen-bond acceptors (Lipinski definition) is 1. The molecular formula is C17H18FNO. The fraction of sp³-hybridized carbons (Fsp3) is 0.235. The molecule has 0 aliphatic carbocycles. The van der Waals surface area contributed by atoms with Gasteiger partial charge in [0, 0.05) is 0 Å². The number of nitrogens with one attached hydrogen (secondary N) is 1. The molecule has 0 heterocycles. The number of amides is 1. The van der Waals surface area contributed by atoms with E-state index in [9.17, 15) is 9.18 Å². The fourth-order valence-corrected chi connectivity index (χ4v) is 2.14. The maximum Gasteiger partial charge on any atom is 0.224 e. The van der Waals surface area contributed by atoms with Crippen molar-refractivity contribution in [2.45, 2.75) is 25.8 Å². The Labute approximate surface area is 118 Å². The maximum absolute atomic E-state index is 12.8. The van der Waals surface area contributed by atoms with Crippen LogP contribution in [0.3, 0.4) is 0 Å². The number of carbonyl (C=O) groups excluding carboxylic acids is 1. The lowest BCUT2D eigenvalue weighted by Gasteiger charge is -2.17. The molecule has 0 aliphatic heterocycles. The topological polar surface area (TPSA) is 29.1 Å². The van der Waals surface area contributed by atoms with Crippen LogP contribution < -0.4 is 5.32 Å². The summed E-state index contributed by atoms with van der Waals surface area (Å²) >= 11 is 0. The van der Waals surface area contributed by atoms with E-state index in [1.54, 1.807) is 12.1 Å². The van der Waals surface area contributed by atoms with E-state index >= 15 is 0 Å². The highest BCUT2D eigenvalue weighted by Crippen LogP contribution is 2.16. The SMILES string of the molecule is CC[C@H](NC(=O)Cc1ccc(F)cc1)c1ccccc1. The van der Waals surface area contributed by atoms with Crippen molar-refractivity contribution >= 4 is 5.91 Å². The summed E-state index contributed by atoms with van der Waals surface area (Å²) in [4.78, 5) is 12.0. The Balaban J connectivity index is 1.97. The molecule has 0 bridgehead atoms. The molecule has 2 aromatic carbocycles. The third-order valence-corrected chi connectivity index (χ3v) is 3.22. The minimum absolute atomic E-state index is 0.0177. The summed E-state index contributed by atoms with van der Waals surface area (Å²) in [6, 6.07) is 15.9. The van der Waals surface area contributed by atoms with E-state index in [0.29, 0.717) is 0 Å². The van der Waals surface area contributed by atoms with E-state index in [1.807, 2.05) is 37.3 Å². The average molecular weight is 271 g/mol. The van der Waals surface area contributed by atoms with Gasteiger partial charge in [-0.2, -0.15) is 0 Å². The molecule has 0 spiro atoms. The standard InChI is InChI=1S/C17H18FNO/c1-2-16(14-6-4-3-5-7-14)19-17(20)12-13-8-10-15(18)11-9-13/h3-11,16H,2,12H2,1H3,(H,19,20)/t16-/m0/s1. The number of halogens is 1. The molecule has 1 atom stereocenters. The number of rotatable bonds is 5. The zero-order chi connectivity index (χ0) is 14.4. The number of carbonyl (C=O) groups is 1. The van der Waals surface area contributed by atoms with Crippen molar-refractivity contribution in [3.8, 4) is 0 Å². The first kappa shape index (κ1) is 14.3. The Kier molecular flexibility index (Phi) is 4.88. The molecular weight excluding hydrogens is 253 g/mol. The van der Waals surface area contributed by atoms with Crippen LogP contribution in [0.2, 0.25) is 0 Å². The van der Waals surface area contributed by atoms with E-state index in [4.69, 9.17) is 0 Å². The van der Waals surface area contributed by atoms with Crippen LogP contribution in [0.4, 0.5) is 4.39 Å². The second kappa shape index (κ2) is 6.85. The van der Waals surface area contributed by atoms with Gasteiger partial charge < -0.3 is 5.32 Å². The lowest BCUT2D eigenvalue weighted by Crippen LogP contribution is -2.29. The van der Waals surface area contributed by atoms with Crippen molar-refractivity contribution in [1.29, 1.82) is 0 Å². The largest absolute Gasteiger partial charge is 0.349 e. The van der Waals surface area contributed by atoms with Crippen LogP contribution in [0.25, 0.3) is 0 Å². The van der Waals surface area contributed by atoms with Crippen molar-refractivity contribution in [3.05, 3.63) is 71.5 Å². The molecule has 0 fully saturated rings. The highest BCUT2D eigenvalue weighted by atomic mass is 19.1. The van der Waals surface area contributed by atoms with Gasteiger partial charge in [-0.25, -0.2) is 4.39 Å². The Morgan fingerprint density at radius 1 is 1.10 bits per heavy atom. The third-order valence-electron chi connectivity index (χ3n) is 3.22. The van der Waals surface area contributed by atoms with Gasteiger partial charge in [0.25, 0.3) is 0 Å². The molecule has 0 unspecified atom stereocenters. The second-order valence-corrected chi connectivity index (χ2v) is 4.74. The summed E-state index contributed by atoms with van der Waals surface area (Å²) in [5.41, 5.74) is 1.91. The molecule has 3 heteroatoms. The monoisotopic (exact) mass is 271 g/mol. The normalized spacial score (nSPS) is 11.9. The highest BCUT2D eigenvalue weighted by molar-refractivity contribution is 5.79. The van der Waals surface area contributed by atoms with Crippen LogP contribution in [0.15, 0.2) is 54.6 Å². The summed E-state index contributed by atoms with van der Waals surface area (Å²) in [6.07, 6.45) is 1.10. The van der Waals surface area contributed by atoms with Crippen LogP contribution in [-0.4, -0.2) is 5.91 Å². The van der Waals surface area contributed by atoms with Gasteiger partial charge in [0.1, 0.15) is 5.82 Å². The first-order chi connectivity index (χ1) is 9.69. The number of hydrogen-bond donors (Lipinski definition) is 1. The van der Waals surface area contributed by atoms with Crippen LogP contribution in [0, 0.1) is 5.82 Å². The van der Waals surface area contributed by atoms with Crippen LogP contribution in [-0.2, 0) is 11.2 Å². The molecule has 0 saturated carbocycles. The van der Waals surface area contributed by atoms with Crippen LogP contribution >= 0.6 is 0 Å². The summed E-state index contributed by atoms with van der Waals surface area (Å²) < 4.78 is 12.8. The van der Waals surface area contributed by atoms with Gasteiger partial charge in [-0.3, -0.25) is 4.79 Å². The van der Waals surface area contributed by atoms with E-state index in [-0.39, 0.29) is 24.2 Å². The quantitative estimate of drug-likeness (QED) is 0.884. The molecule has 104 valence electrons. The van der Waals surface area contributed by atoms with Gasteiger partial charge in [-0.15, -0.1) is 0 Å². The van der Waals surface area contributed by atoms with Crippen LogP contribution in [0.5, 0.6) is 0 Å². The molecule has 1 N–H and O–H groups in total. The van der Waals surface area contributed by atoms with E-state index < -0.39 is 0 Å². The van der Waals surface area contributed by atoms with Gasteiger partial charge in [-0.1, -0.05) is 49.4 Å². The lowest BCUT2D eigenvalue weighted by molar-refractivity contribution is -0.121. The minimum atomic E-state index is -0.287. The van der Waals surface area contributed by atoms with Gasteiger partial charge >= 0.3 is 0 Å². The van der Waals surface area contributed by atoms with E-state index in [1.165, 1.54) is 12.1 Å².